The second-order valence-corrected chi connectivity index (χ2v) is 7.71. The number of benzene rings is 2. The number of amides is 2. The molecule has 3 N–H and O–H groups in total. The first-order valence-corrected chi connectivity index (χ1v) is 10.5. The third-order valence-corrected chi connectivity index (χ3v) is 5.12. The molecular weight excluding hydrogens is 469 g/mol. The van der Waals surface area contributed by atoms with Gasteiger partial charge in [0.15, 0.2) is 5.76 Å². The highest BCUT2D eigenvalue weighted by atomic mass is 35.5. The molecule has 0 bridgehead atoms. The number of rotatable bonds is 8. The molecule has 1 heterocycles. The van der Waals surface area contributed by atoms with Gasteiger partial charge >= 0.3 is 12.1 Å². The third kappa shape index (κ3) is 6.10. The van der Waals surface area contributed by atoms with Gasteiger partial charge in [0.1, 0.15) is 23.3 Å². The van der Waals surface area contributed by atoms with Crippen molar-refractivity contribution in [3.63, 3.8) is 0 Å². The van der Waals surface area contributed by atoms with E-state index in [0.29, 0.717) is 16.3 Å². The molecule has 11 heteroatoms. The van der Waals surface area contributed by atoms with E-state index in [1.165, 1.54) is 12.1 Å². The van der Waals surface area contributed by atoms with Crippen LogP contribution in [0.5, 0.6) is 0 Å². The molecule has 2 aromatic carbocycles. The highest BCUT2D eigenvalue weighted by Crippen LogP contribution is 2.34. The number of aliphatic carboxylic acids is 1. The Morgan fingerprint density at radius 2 is 1.91 bits per heavy atom. The van der Waals surface area contributed by atoms with Crippen LogP contribution in [0, 0.1) is 12.7 Å². The molecule has 3 aromatic rings. The minimum Gasteiger partial charge on any atom is -0.481 e. The number of halogens is 2. The van der Waals surface area contributed by atoms with Crippen molar-refractivity contribution in [1.82, 2.24) is 5.16 Å². The first kappa shape index (κ1) is 24.7. The largest absolute Gasteiger partial charge is 0.481 e. The predicted octanol–water partition coefficient (Wildman–Crippen LogP) is 5.56. The fraction of sp³-hybridized carbons (Fsp3) is 0.217. The van der Waals surface area contributed by atoms with Crippen LogP contribution in [0.1, 0.15) is 37.1 Å². The number of carboxylic acids is 1. The first-order valence-electron chi connectivity index (χ1n) is 10.2. The normalized spacial score (nSPS) is 11.5. The quantitative estimate of drug-likeness (QED) is 0.377. The van der Waals surface area contributed by atoms with E-state index in [-0.39, 0.29) is 35.5 Å². The molecule has 34 heavy (non-hydrogen) atoms. The van der Waals surface area contributed by atoms with Gasteiger partial charge in [-0.25, -0.2) is 9.18 Å². The van der Waals surface area contributed by atoms with Crippen LogP contribution in [0.15, 0.2) is 47.0 Å². The van der Waals surface area contributed by atoms with Crippen LogP contribution in [0.25, 0.3) is 11.3 Å². The highest BCUT2D eigenvalue weighted by Gasteiger charge is 2.23. The van der Waals surface area contributed by atoms with Gasteiger partial charge in [0.05, 0.1) is 12.0 Å². The standard InChI is InChI=1S/C23H21ClFN3O6/c1-12-21(27-23(32)33-13(2)15-5-3-4-6-17(15)24)22(34-28-12)16-8-7-14(11-18(16)25)26-19(29)9-10-20(30)31/h3-8,11,13H,9-10H2,1-2H3,(H,26,29)(H,27,32)(H,30,31). The van der Waals surface area contributed by atoms with Crippen LogP contribution in [0.4, 0.5) is 20.6 Å². The van der Waals surface area contributed by atoms with Gasteiger partial charge < -0.3 is 19.7 Å². The molecule has 3 rings (SSSR count). The van der Waals surface area contributed by atoms with Crippen molar-refractivity contribution >= 4 is 40.9 Å². The predicted molar refractivity (Wildman–Crippen MR) is 122 cm³/mol. The van der Waals surface area contributed by atoms with Crippen LogP contribution in [-0.4, -0.2) is 28.2 Å². The van der Waals surface area contributed by atoms with Gasteiger partial charge in [0.2, 0.25) is 5.91 Å². The van der Waals surface area contributed by atoms with E-state index in [0.717, 1.165) is 6.07 Å². The summed E-state index contributed by atoms with van der Waals surface area (Å²) in [5.41, 5.74) is 1.15. The zero-order valence-electron chi connectivity index (χ0n) is 18.2. The van der Waals surface area contributed by atoms with Gasteiger partial charge in [-0.05, 0) is 38.1 Å². The summed E-state index contributed by atoms with van der Waals surface area (Å²) >= 11 is 6.14. The summed E-state index contributed by atoms with van der Waals surface area (Å²) in [5.74, 6) is -2.48. The Kier molecular flexibility index (Phi) is 7.85. The van der Waals surface area contributed by atoms with Gasteiger partial charge in [-0.3, -0.25) is 14.9 Å². The topological polar surface area (TPSA) is 131 Å². The van der Waals surface area contributed by atoms with Crippen molar-refractivity contribution < 1.29 is 33.1 Å². The van der Waals surface area contributed by atoms with Crippen molar-refractivity contribution in [3.05, 3.63) is 64.6 Å². The molecular formula is C23H21ClFN3O6. The summed E-state index contributed by atoms with van der Waals surface area (Å²) in [4.78, 5) is 34.8. The van der Waals surface area contributed by atoms with Crippen LogP contribution in [0.2, 0.25) is 5.02 Å². The Morgan fingerprint density at radius 3 is 2.59 bits per heavy atom. The van der Waals surface area contributed by atoms with Crippen LogP contribution < -0.4 is 10.6 Å². The fourth-order valence-electron chi connectivity index (χ4n) is 3.08. The monoisotopic (exact) mass is 489 g/mol. The van der Waals surface area contributed by atoms with E-state index < -0.39 is 29.9 Å². The van der Waals surface area contributed by atoms with Crippen molar-refractivity contribution in [2.45, 2.75) is 32.8 Å². The van der Waals surface area contributed by atoms with Crippen LogP contribution in [-0.2, 0) is 14.3 Å². The Bertz CT molecular complexity index is 1230. The van der Waals surface area contributed by atoms with E-state index in [9.17, 15) is 18.8 Å². The summed E-state index contributed by atoms with van der Waals surface area (Å²) in [7, 11) is 0. The average molecular weight is 490 g/mol. The Labute approximate surface area is 198 Å². The number of hydrogen-bond acceptors (Lipinski definition) is 6. The number of ether oxygens (including phenoxy) is 1. The molecule has 0 aliphatic heterocycles. The average Bonchev–Trinajstić information content (AvgIpc) is 3.12. The molecule has 0 fully saturated rings. The Morgan fingerprint density at radius 1 is 1.18 bits per heavy atom. The lowest BCUT2D eigenvalue weighted by atomic mass is 10.1. The van der Waals surface area contributed by atoms with E-state index in [4.69, 9.17) is 26.0 Å². The fourth-order valence-corrected chi connectivity index (χ4v) is 3.37. The number of aromatic nitrogens is 1. The molecule has 0 saturated carbocycles. The van der Waals surface area contributed by atoms with Gasteiger partial charge in [-0.15, -0.1) is 0 Å². The van der Waals surface area contributed by atoms with Crippen molar-refractivity contribution in [2.24, 2.45) is 0 Å². The minimum atomic E-state index is -1.11. The molecule has 0 radical (unpaired) electrons. The Balaban J connectivity index is 1.73. The maximum Gasteiger partial charge on any atom is 0.412 e. The zero-order valence-corrected chi connectivity index (χ0v) is 19.0. The van der Waals surface area contributed by atoms with Gasteiger partial charge in [-0.2, -0.15) is 0 Å². The number of carbonyl (C=O) groups is 3. The van der Waals surface area contributed by atoms with Gasteiger partial charge in [-0.1, -0.05) is 35.0 Å². The second kappa shape index (κ2) is 10.8. The van der Waals surface area contributed by atoms with E-state index in [1.807, 2.05) is 0 Å². The SMILES string of the molecule is Cc1noc(-c2ccc(NC(=O)CCC(=O)O)cc2F)c1NC(=O)OC(C)c1ccccc1Cl. The van der Waals surface area contributed by atoms with Gasteiger partial charge in [0, 0.05) is 22.7 Å². The van der Waals surface area contributed by atoms with Crippen molar-refractivity contribution in [1.29, 1.82) is 0 Å². The lowest BCUT2D eigenvalue weighted by Crippen LogP contribution is -2.17. The highest BCUT2D eigenvalue weighted by molar-refractivity contribution is 6.31. The second-order valence-electron chi connectivity index (χ2n) is 7.30. The van der Waals surface area contributed by atoms with E-state index in [2.05, 4.69) is 15.8 Å². The number of carbonyl (C=O) groups excluding carboxylic acids is 2. The van der Waals surface area contributed by atoms with Crippen LogP contribution >= 0.6 is 11.6 Å². The summed E-state index contributed by atoms with van der Waals surface area (Å²) in [5, 5.41) is 17.8. The van der Waals surface area contributed by atoms with Crippen molar-refractivity contribution in [3.8, 4) is 11.3 Å². The maximum atomic E-state index is 14.8. The number of nitrogens with zero attached hydrogens (tertiary/aromatic N) is 1. The molecule has 0 spiro atoms. The smallest absolute Gasteiger partial charge is 0.412 e. The summed E-state index contributed by atoms with van der Waals surface area (Å²) in [6.45, 7) is 3.22. The van der Waals surface area contributed by atoms with Gasteiger partial charge in [0.25, 0.3) is 0 Å². The number of carboxylic acid groups (broad SMARTS) is 1. The maximum absolute atomic E-state index is 14.8. The lowest BCUT2D eigenvalue weighted by Gasteiger charge is -2.15. The Hall–Kier alpha value is -3.92. The molecule has 178 valence electrons. The first-order chi connectivity index (χ1) is 16.2. The van der Waals surface area contributed by atoms with E-state index >= 15 is 0 Å². The molecule has 9 nitrogen and oxygen atoms in total. The number of hydrogen-bond donors (Lipinski definition) is 3. The number of aryl methyl sites for hydroxylation is 1. The lowest BCUT2D eigenvalue weighted by molar-refractivity contribution is -0.138. The summed E-state index contributed by atoms with van der Waals surface area (Å²) in [6.07, 6.45) is -2.06. The minimum absolute atomic E-state index is 0.0152. The molecule has 1 aromatic heterocycles. The summed E-state index contributed by atoms with van der Waals surface area (Å²) < 4.78 is 25.4. The molecule has 0 aliphatic rings. The molecule has 1 atom stereocenters. The summed E-state index contributed by atoms with van der Waals surface area (Å²) in [6, 6.07) is 10.7. The van der Waals surface area contributed by atoms with Crippen molar-refractivity contribution in [2.75, 3.05) is 10.6 Å². The number of anilines is 2. The molecule has 2 amide bonds. The van der Waals surface area contributed by atoms with Crippen LogP contribution in [0.3, 0.4) is 0 Å². The zero-order chi connectivity index (χ0) is 24.8. The third-order valence-electron chi connectivity index (χ3n) is 4.78. The molecule has 0 aliphatic carbocycles. The molecule has 0 saturated heterocycles. The van der Waals surface area contributed by atoms with E-state index in [1.54, 1.807) is 38.1 Å². The number of nitrogens with one attached hydrogen (secondary N) is 2. The molecule has 1 unspecified atom stereocenters.